The fraction of sp³-hybridized carbons (Fsp3) is 0.853. The molecule has 11 heteroatoms. The highest BCUT2D eigenvalue weighted by Gasteiger charge is 2.27. The molecule has 0 unspecified atom stereocenters. The van der Waals surface area contributed by atoms with Crippen molar-refractivity contribution in [3.05, 3.63) is 0 Å². The van der Waals surface area contributed by atoms with E-state index in [-0.39, 0.29) is 31.2 Å². The molecule has 0 saturated heterocycles. The van der Waals surface area contributed by atoms with Gasteiger partial charge in [-0.25, -0.2) is 0 Å². The molecule has 262 valence electrons. The van der Waals surface area contributed by atoms with E-state index in [0.717, 1.165) is 51.4 Å². The number of aliphatic hydroxyl groups excluding tert-OH is 1. The van der Waals surface area contributed by atoms with Crippen LogP contribution in [-0.2, 0) is 38.2 Å². The number of amides is 1. The maximum atomic E-state index is 12.7. The summed E-state index contributed by atoms with van der Waals surface area (Å²) >= 11 is 1.32. The van der Waals surface area contributed by atoms with Crippen LogP contribution in [-0.4, -0.2) is 78.7 Å². The minimum Gasteiger partial charge on any atom is -0.469 e. The summed E-state index contributed by atoms with van der Waals surface area (Å²) in [4.78, 5) is 61.2. The zero-order valence-corrected chi connectivity index (χ0v) is 29.2. The van der Waals surface area contributed by atoms with Crippen LogP contribution in [0.3, 0.4) is 0 Å². The summed E-state index contributed by atoms with van der Waals surface area (Å²) in [5.41, 5.74) is 0. The molecular weight excluding hydrogens is 598 g/mol. The van der Waals surface area contributed by atoms with E-state index >= 15 is 0 Å². The lowest BCUT2D eigenvalue weighted by atomic mass is 10.00. The molecular formula is C34H61NO9S. The van der Waals surface area contributed by atoms with Gasteiger partial charge in [-0.05, 0) is 19.3 Å². The number of methoxy groups -OCH3 is 1. The summed E-state index contributed by atoms with van der Waals surface area (Å²) in [6, 6.07) is -0.857. The van der Waals surface area contributed by atoms with Gasteiger partial charge in [-0.2, -0.15) is 11.8 Å². The van der Waals surface area contributed by atoms with Crippen LogP contribution in [0.1, 0.15) is 136 Å². The Labute approximate surface area is 275 Å². The van der Waals surface area contributed by atoms with Crippen LogP contribution in [0.2, 0.25) is 0 Å². The van der Waals surface area contributed by atoms with Gasteiger partial charge in [0.25, 0.3) is 0 Å². The molecule has 0 radical (unpaired) electrons. The zero-order valence-electron chi connectivity index (χ0n) is 28.4. The Balaban J connectivity index is 4.71. The van der Waals surface area contributed by atoms with Crippen molar-refractivity contribution >= 4 is 41.4 Å². The number of esters is 3. The van der Waals surface area contributed by atoms with E-state index in [2.05, 4.69) is 23.9 Å². The number of ketones is 1. The smallest absolute Gasteiger partial charge is 0.311 e. The molecule has 0 aliphatic heterocycles. The van der Waals surface area contributed by atoms with Gasteiger partial charge >= 0.3 is 17.9 Å². The van der Waals surface area contributed by atoms with Gasteiger partial charge in [-0.3, -0.25) is 24.0 Å². The van der Waals surface area contributed by atoms with Crippen molar-refractivity contribution in [2.24, 2.45) is 5.92 Å². The molecule has 45 heavy (non-hydrogen) atoms. The first-order valence-corrected chi connectivity index (χ1v) is 18.2. The minimum absolute atomic E-state index is 0.00629. The topological polar surface area (TPSA) is 145 Å². The minimum atomic E-state index is -0.997. The average Bonchev–Trinajstić information content (AvgIpc) is 3.01. The van der Waals surface area contributed by atoms with Crippen LogP contribution in [0.5, 0.6) is 0 Å². The first-order chi connectivity index (χ1) is 21.7. The predicted molar refractivity (Wildman–Crippen MR) is 178 cm³/mol. The van der Waals surface area contributed by atoms with Crippen LogP contribution >= 0.6 is 11.8 Å². The second-order valence-corrected chi connectivity index (χ2v) is 12.9. The maximum absolute atomic E-state index is 12.7. The molecule has 0 aliphatic rings. The number of thioether (sulfide) groups is 1. The van der Waals surface area contributed by atoms with E-state index in [1.54, 1.807) is 0 Å². The van der Waals surface area contributed by atoms with Crippen LogP contribution in [0, 0.1) is 5.92 Å². The van der Waals surface area contributed by atoms with Crippen LogP contribution in [0.25, 0.3) is 0 Å². The van der Waals surface area contributed by atoms with E-state index in [1.165, 1.54) is 64.3 Å². The number of Topliss-reactive ketones (excluding diaryl/α,β-unsaturated/α-hetero) is 1. The molecule has 0 aromatic rings. The molecule has 0 spiro atoms. The van der Waals surface area contributed by atoms with E-state index < -0.39 is 48.3 Å². The summed E-state index contributed by atoms with van der Waals surface area (Å²) in [5, 5.41) is 12.0. The summed E-state index contributed by atoms with van der Waals surface area (Å²) in [7, 11) is 1.18. The van der Waals surface area contributed by atoms with Crippen molar-refractivity contribution in [1.29, 1.82) is 0 Å². The van der Waals surface area contributed by atoms with E-state index in [9.17, 15) is 29.1 Å². The predicted octanol–water partition coefficient (Wildman–Crippen LogP) is 6.09. The van der Waals surface area contributed by atoms with Gasteiger partial charge in [-0.1, -0.05) is 90.9 Å². The van der Waals surface area contributed by atoms with Crippen molar-refractivity contribution in [3.63, 3.8) is 0 Å². The molecule has 0 aliphatic carbocycles. The summed E-state index contributed by atoms with van der Waals surface area (Å²) in [6.45, 7) is 5.22. The van der Waals surface area contributed by atoms with Crippen LogP contribution in [0.4, 0.5) is 0 Å². The van der Waals surface area contributed by atoms with Crippen LogP contribution in [0.15, 0.2) is 0 Å². The van der Waals surface area contributed by atoms with Crippen molar-refractivity contribution in [2.45, 2.75) is 148 Å². The maximum Gasteiger partial charge on any atom is 0.311 e. The zero-order chi connectivity index (χ0) is 33.7. The Morgan fingerprint density at radius 1 is 0.778 bits per heavy atom. The molecule has 0 fully saturated rings. The molecule has 0 aromatic heterocycles. The number of carbonyl (C=O) groups is 5. The van der Waals surface area contributed by atoms with Gasteiger partial charge in [0.05, 0.1) is 32.1 Å². The molecule has 0 heterocycles. The van der Waals surface area contributed by atoms with E-state index in [1.807, 2.05) is 0 Å². The molecule has 10 nitrogen and oxygen atoms in total. The standard InChI is InChI=1S/C34H61NO9S/c1-5-7-9-11-12-13-14-16-17-19-29(44-32(39)20-18-15-10-8-6-2)24-33(40)43-21-22-45-26-30(35-27(3)37)31(38)23-28(25-36)34(41)42-4/h28-30,36H,5-26H2,1-4H3,(H,35,37)/t28-,29+,30-/m0/s1. The second-order valence-electron chi connectivity index (χ2n) is 11.7. The molecule has 0 aromatic carbocycles. The Bertz CT molecular complexity index is 823. The van der Waals surface area contributed by atoms with E-state index in [4.69, 9.17) is 9.47 Å². The summed E-state index contributed by atoms with van der Waals surface area (Å²) in [5.74, 6) is -2.59. The highest BCUT2D eigenvalue weighted by Crippen LogP contribution is 2.17. The number of nitrogens with one attached hydrogen (secondary N) is 1. The van der Waals surface area contributed by atoms with Gasteiger partial charge in [-0.15, -0.1) is 0 Å². The Kier molecular flexibility index (Phi) is 27.9. The third-order valence-corrected chi connectivity index (χ3v) is 8.57. The normalized spacial score (nSPS) is 13.0. The van der Waals surface area contributed by atoms with Gasteiger partial charge in [0.1, 0.15) is 12.7 Å². The third kappa shape index (κ3) is 24.7. The average molecular weight is 660 g/mol. The van der Waals surface area contributed by atoms with Crippen molar-refractivity contribution in [3.8, 4) is 0 Å². The SMILES string of the molecule is CCCCCCCCCCC[C@H](CC(=O)OCCSC[C@H](NC(C)=O)C(=O)C[C@@H](CO)C(=O)OC)OC(=O)CCCCCCC. The number of rotatable bonds is 30. The van der Waals surface area contributed by atoms with Gasteiger partial charge in [0.15, 0.2) is 5.78 Å². The largest absolute Gasteiger partial charge is 0.469 e. The second kappa shape index (κ2) is 29.3. The first kappa shape index (κ1) is 42.9. The third-order valence-electron chi connectivity index (χ3n) is 7.55. The molecule has 0 bridgehead atoms. The highest BCUT2D eigenvalue weighted by molar-refractivity contribution is 7.99. The van der Waals surface area contributed by atoms with Gasteiger partial charge < -0.3 is 24.6 Å². The Morgan fingerprint density at radius 2 is 1.36 bits per heavy atom. The summed E-state index contributed by atoms with van der Waals surface area (Å²) < 4.78 is 15.7. The Morgan fingerprint density at radius 3 is 1.91 bits per heavy atom. The number of carbonyl (C=O) groups excluding carboxylic acids is 5. The molecule has 0 saturated carbocycles. The lowest BCUT2D eigenvalue weighted by Gasteiger charge is -2.19. The van der Waals surface area contributed by atoms with Crippen molar-refractivity contribution < 1.29 is 43.3 Å². The first-order valence-electron chi connectivity index (χ1n) is 17.1. The number of ether oxygens (including phenoxy) is 3. The lowest BCUT2D eigenvalue weighted by Crippen LogP contribution is -2.43. The monoisotopic (exact) mass is 659 g/mol. The van der Waals surface area contributed by atoms with Gasteiger partial charge in [0.2, 0.25) is 5.91 Å². The number of aliphatic hydroxyl groups is 1. The van der Waals surface area contributed by atoms with Crippen LogP contribution < -0.4 is 5.32 Å². The highest BCUT2D eigenvalue weighted by atomic mass is 32.2. The molecule has 3 atom stereocenters. The Hall–Kier alpha value is -2.14. The number of unbranched alkanes of at least 4 members (excludes halogenated alkanes) is 12. The van der Waals surface area contributed by atoms with Gasteiger partial charge in [0, 0.05) is 31.3 Å². The molecule has 1 amide bonds. The fourth-order valence-corrected chi connectivity index (χ4v) is 5.77. The fourth-order valence-electron chi connectivity index (χ4n) is 4.90. The molecule has 0 rings (SSSR count). The molecule has 2 N–H and O–H groups in total. The van der Waals surface area contributed by atoms with Crippen molar-refractivity contribution in [1.82, 2.24) is 5.32 Å². The lowest BCUT2D eigenvalue weighted by molar-refractivity contribution is -0.155. The quantitative estimate of drug-likeness (QED) is 0.0528. The number of hydrogen-bond acceptors (Lipinski definition) is 10. The number of hydrogen-bond donors (Lipinski definition) is 2. The summed E-state index contributed by atoms with van der Waals surface area (Å²) in [6.07, 6.45) is 16.0. The van der Waals surface area contributed by atoms with E-state index in [0.29, 0.717) is 18.6 Å². The van der Waals surface area contributed by atoms with Crippen molar-refractivity contribution in [2.75, 3.05) is 31.8 Å².